The maximum absolute atomic E-state index is 13.1. The van der Waals surface area contributed by atoms with E-state index in [0.29, 0.717) is 5.56 Å². The smallest absolute Gasteiger partial charge is 0.372 e. The Morgan fingerprint density at radius 1 is 1.00 bits per heavy atom. The molecule has 0 bridgehead atoms. The van der Waals surface area contributed by atoms with Gasteiger partial charge in [0, 0.05) is 4.88 Å². The predicted molar refractivity (Wildman–Crippen MR) is 69.7 cm³/mol. The molecule has 1 atom stereocenters. The molecule has 19 heavy (non-hydrogen) atoms. The van der Waals surface area contributed by atoms with Crippen LogP contribution in [0.15, 0.2) is 53.9 Å². The second-order valence-corrected chi connectivity index (χ2v) is 4.93. The number of benzene rings is 1. The van der Waals surface area contributed by atoms with E-state index >= 15 is 0 Å². The van der Waals surface area contributed by atoms with Crippen LogP contribution in [0.2, 0.25) is 0 Å². The molecule has 0 aliphatic carbocycles. The fraction of sp³-hybridized carbons (Fsp3) is 0.143. The van der Waals surface area contributed by atoms with Gasteiger partial charge in [0.1, 0.15) is 0 Å². The zero-order chi connectivity index (χ0) is 13.9. The molecule has 1 aromatic heterocycles. The summed E-state index contributed by atoms with van der Waals surface area (Å²) in [6, 6.07) is 11.3. The van der Waals surface area contributed by atoms with Crippen LogP contribution >= 0.6 is 11.3 Å². The molecule has 0 saturated heterocycles. The largest absolute Gasteiger partial charge is 0.425 e. The maximum Gasteiger partial charge on any atom is 0.425 e. The molecule has 1 aromatic carbocycles. The van der Waals surface area contributed by atoms with Crippen LogP contribution in [0.25, 0.3) is 6.08 Å². The molecule has 0 fully saturated rings. The third-order valence-corrected chi connectivity index (χ3v) is 3.64. The molecule has 1 nitrogen and oxygen atoms in total. The van der Waals surface area contributed by atoms with E-state index in [1.807, 2.05) is 0 Å². The number of thiophene rings is 1. The molecular formula is C14H11F3OS. The minimum atomic E-state index is -4.76. The van der Waals surface area contributed by atoms with E-state index < -0.39 is 11.8 Å². The van der Waals surface area contributed by atoms with Crippen LogP contribution in [0.4, 0.5) is 13.2 Å². The molecule has 1 heterocycles. The molecule has 0 aliphatic rings. The van der Waals surface area contributed by atoms with Gasteiger partial charge in [-0.05, 0) is 23.1 Å². The molecule has 0 saturated carbocycles. The van der Waals surface area contributed by atoms with Crippen LogP contribution in [0, 0.1) is 0 Å². The molecule has 0 aliphatic heterocycles. The first-order valence-electron chi connectivity index (χ1n) is 5.51. The Balaban J connectivity index is 2.38. The molecular weight excluding hydrogens is 273 g/mol. The van der Waals surface area contributed by atoms with Crippen molar-refractivity contribution in [2.45, 2.75) is 11.8 Å². The van der Waals surface area contributed by atoms with Gasteiger partial charge < -0.3 is 5.11 Å². The summed E-state index contributed by atoms with van der Waals surface area (Å²) < 4.78 is 39.2. The van der Waals surface area contributed by atoms with Crippen molar-refractivity contribution < 1.29 is 18.3 Å². The number of hydrogen-bond acceptors (Lipinski definition) is 2. The SMILES string of the molecule is O[C@@](/C=C/c1ccccc1)(c1cccs1)C(F)(F)F. The second-order valence-electron chi connectivity index (χ2n) is 3.99. The average Bonchev–Trinajstić information content (AvgIpc) is 2.90. The Kier molecular flexibility index (Phi) is 3.78. The standard InChI is InChI=1S/C14H11F3OS/c15-14(16,17)13(18,12-7-4-10-19-12)9-8-11-5-2-1-3-6-11/h1-10,18H/b9-8+/t13-/m0/s1. The highest BCUT2D eigenvalue weighted by molar-refractivity contribution is 7.10. The third-order valence-electron chi connectivity index (χ3n) is 2.65. The van der Waals surface area contributed by atoms with Crippen molar-refractivity contribution in [3.63, 3.8) is 0 Å². The lowest BCUT2D eigenvalue weighted by molar-refractivity contribution is -0.243. The number of alkyl halides is 3. The lowest BCUT2D eigenvalue weighted by Gasteiger charge is -2.26. The van der Waals surface area contributed by atoms with Crippen molar-refractivity contribution in [3.8, 4) is 0 Å². The fourth-order valence-corrected chi connectivity index (χ4v) is 2.42. The Bertz CT molecular complexity index is 546. The van der Waals surface area contributed by atoms with Crippen molar-refractivity contribution in [2.75, 3.05) is 0 Å². The van der Waals surface area contributed by atoms with Crippen molar-refractivity contribution in [2.24, 2.45) is 0 Å². The van der Waals surface area contributed by atoms with Crippen LogP contribution in [0.3, 0.4) is 0 Å². The van der Waals surface area contributed by atoms with E-state index in [1.165, 1.54) is 23.6 Å². The molecule has 2 aromatic rings. The van der Waals surface area contributed by atoms with Crippen LogP contribution in [0.5, 0.6) is 0 Å². The zero-order valence-electron chi connectivity index (χ0n) is 9.76. The van der Waals surface area contributed by atoms with Crippen LogP contribution in [0.1, 0.15) is 10.4 Å². The quantitative estimate of drug-likeness (QED) is 0.895. The number of rotatable bonds is 3. The molecule has 0 radical (unpaired) electrons. The van der Waals surface area contributed by atoms with Gasteiger partial charge in [-0.2, -0.15) is 13.2 Å². The monoisotopic (exact) mass is 284 g/mol. The maximum atomic E-state index is 13.1. The van der Waals surface area contributed by atoms with Crippen molar-refractivity contribution in [3.05, 3.63) is 64.4 Å². The Labute approximate surface area is 112 Å². The summed E-state index contributed by atoms with van der Waals surface area (Å²) in [6.45, 7) is 0. The first kappa shape index (κ1) is 13.8. The van der Waals surface area contributed by atoms with Crippen molar-refractivity contribution >= 4 is 17.4 Å². The Hall–Kier alpha value is -1.59. The van der Waals surface area contributed by atoms with Gasteiger partial charge in [0.05, 0.1) is 0 Å². The highest BCUT2D eigenvalue weighted by Gasteiger charge is 2.53. The number of halogens is 3. The molecule has 1 N–H and O–H groups in total. The summed E-state index contributed by atoms with van der Waals surface area (Å²) in [4.78, 5) is -0.146. The number of hydrogen-bond donors (Lipinski definition) is 1. The van der Waals surface area contributed by atoms with E-state index in [2.05, 4.69) is 0 Å². The van der Waals surface area contributed by atoms with E-state index in [9.17, 15) is 18.3 Å². The Morgan fingerprint density at radius 3 is 2.21 bits per heavy atom. The molecule has 0 spiro atoms. The first-order valence-corrected chi connectivity index (χ1v) is 6.39. The second kappa shape index (κ2) is 5.19. The van der Waals surface area contributed by atoms with Gasteiger partial charge in [-0.1, -0.05) is 42.5 Å². The molecule has 2 rings (SSSR count). The van der Waals surface area contributed by atoms with E-state index in [-0.39, 0.29) is 4.88 Å². The van der Waals surface area contributed by atoms with Gasteiger partial charge in [0.2, 0.25) is 5.60 Å². The first-order chi connectivity index (χ1) is 8.93. The minimum absolute atomic E-state index is 0.146. The summed E-state index contributed by atoms with van der Waals surface area (Å²) in [5.41, 5.74) is -2.35. The van der Waals surface area contributed by atoms with Crippen LogP contribution in [-0.4, -0.2) is 11.3 Å². The fourth-order valence-electron chi connectivity index (χ4n) is 1.59. The van der Waals surface area contributed by atoms with Gasteiger partial charge >= 0.3 is 6.18 Å². The van der Waals surface area contributed by atoms with E-state index in [1.54, 1.807) is 30.3 Å². The molecule has 5 heteroatoms. The van der Waals surface area contributed by atoms with Crippen molar-refractivity contribution in [1.29, 1.82) is 0 Å². The molecule has 100 valence electrons. The normalized spacial score (nSPS) is 15.6. The van der Waals surface area contributed by atoms with E-state index in [4.69, 9.17) is 0 Å². The summed E-state index contributed by atoms with van der Waals surface area (Å²) in [7, 11) is 0. The lowest BCUT2D eigenvalue weighted by Crippen LogP contribution is -2.39. The zero-order valence-corrected chi connectivity index (χ0v) is 10.6. The average molecular weight is 284 g/mol. The predicted octanol–water partition coefficient (Wildman–Crippen LogP) is 4.21. The highest BCUT2D eigenvalue weighted by Crippen LogP contribution is 2.42. The Morgan fingerprint density at radius 2 is 1.68 bits per heavy atom. The minimum Gasteiger partial charge on any atom is -0.372 e. The van der Waals surface area contributed by atoms with Gasteiger partial charge in [0.25, 0.3) is 0 Å². The van der Waals surface area contributed by atoms with Gasteiger partial charge in [-0.3, -0.25) is 0 Å². The third kappa shape index (κ3) is 2.88. The van der Waals surface area contributed by atoms with Crippen LogP contribution < -0.4 is 0 Å². The van der Waals surface area contributed by atoms with E-state index in [0.717, 1.165) is 17.4 Å². The molecule has 0 unspecified atom stereocenters. The summed E-state index contributed by atoms with van der Waals surface area (Å²) in [6.07, 6.45) is -2.70. The van der Waals surface area contributed by atoms with Crippen LogP contribution in [-0.2, 0) is 5.60 Å². The van der Waals surface area contributed by atoms with Gasteiger partial charge in [-0.15, -0.1) is 11.3 Å². The van der Waals surface area contributed by atoms with Crippen molar-refractivity contribution in [1.82, 2.24) is 0 Å². The summed E-state index contributed by atoms with van der Waals surface area (Å²) >= 11 is 0.871. The highest BCUT2D eigenvalue weighted by atomic mass is 32.1. The van der Waals surface area contributed by atoms with Gasteiger partial charge in [-0.25, -0.2) is 0 Å². The summed E-state index contributed by atoms with van der Waals surface area (Å²) in [5, 5.41) is 11.5. The topological polar surface area (TPSA) is 20.2 Å². The number of aliphatic hydroxyl groups is 1. The van der Waals surface area contributed by atoms with Gasteiger partial charge in [0.15, 0.2) is 0 Å². The lowest BCUT2D eigenvalue weighted by atomic mass is 9.99. The summed E-state index contributed by atoms with van der Waals surface area (Å²) in [5.74, 6) is 0. The molecule has 0 amide bonds.